The third-order valence-electron chi connectivity index (χ3n) is 3.39. The molecule has 0 saturated heterocycles. The third-order valence-corrected chi connectivity index (χ3v) is 3.59. The summed E-state index contributed by atoms with van der Waals surface area (Å²) in [7, 11) is 0. The quantitative estimate of drug-likeness (QED) is 0.339. The Kier molecular flexibility index (Phi) is 6.95. The SMILES string of the molecule is CCCOC(=O)c1ccc(NC(=S)NC(=O)c2ccccc2[N+](=O)[O-])cc1. The number of para-hydroxylation sites is 1. The molecule has 0 unspecified atom stereocenters. The number of hydrogen-bond acceptors (Lipinski definition) is 6. The Labute approximate surface area is 160 Å². The number of thiocarbonyl (C=S) groups is 1. The van der Waals surface area contributed by atoms with Gasteiger partial charge in [-0.05, 0) is 49.0 Å². The molecule has 0 spiro atoms. The summed E-state index contributed by atoms with van der Waals surface area (Å²) in [6.45, 7) is 2.25. The Balaban J connectivity index is 1.99. The number of ether oxygens (including phenoxy) is 1. The minimum absolute atomic E-state index is 0.0283. The predicted octanol–water partition coefficient (Wildman–Crippen LogP) is 3.29. The van der Waals surface area contributed by atoms with Crippen LogP contribution in [0.5, 0.6) is 0 Å². The molecule has 0 aromatic heterocycles. The number of nitro benzene ring substituents is 1. The van der Waals surface area contributed by atoms with E-state index in [4.69, 9.17) is 17.0 Å². The second kappa shape index (κ2) is 9.39. The van der Waals surface area contributed by atoms with Crippen LogP contribution in [0.2, 0.25) is 0 Å². The Morgan fingerprint density at radius 1 is 1.15 bits per heavy atom. The van der Waals surface area contributed by atoms with E-state index in [1.165, 1.54) is 24.3 Å². The minimum Gasteiger partial charge on any atom is -0.462 e. The van der Waals surface area contributed by atoms with Crippen molar-refractivity contribution in [3.63, 3.8) is 0 Å². The highest BCUT2D eigenvalue weighted by Crippen LogP contribution is 2.17. The molecule has 2 N–H and O–H groups in total. The molecule has 8 nitrogen and oxygen atoms in total. The topological polar surface area (TPSA) is 111 Å². The molecule has 0 fully saturated rings. The molecule has 0 aliphatic heterocycles. The van der Waals surface area contributed by atoms with Crippen molar-refractivity contribution >= 4 is 40.6 Å². The number of rotatable bonds is 6. The van der Waals surface area contributed by atoms with Crippen LogP contribution >= 0.6 is 12.2 Å². The van der Waals surface area contributed by atoms with Gasteiger partial charge < -0.3 is 10.1 Å². The summed E-state index contributed by atoms with van der Waals surface area (Å²) in [6.07, 6.45) is 0.735. The number of esters is 1. The van der Waals surface area contributed by atoms with Gasteiger partial charge in [-0.2, -0.15) is 0 Å². The first-order valence-electron chi connectivity index (χ1n) is 8.05. The van der Waals surface area contributed by atoms with E-state index >= 15 is 0 Å². The fourth-order valence-electron chi connectivity index (χ4n) is 2.13. The molecule has 2 aromatic rings. The molecule has 140 valence electrons. The molecule has 9 heteroatoms. The van der Waals surface area contributed by atoms with Crippen LogP contribution in [-0.2, 0) is 4.74 Å². The first-order chi connectivity index (χ1) is 12.9. The lowest BCUT2D eigenvalue weighted by molar-refractivity contribution is -0.385. The first kappa shape index (κ1) is 20.0. The van der Waals surface area contributed by atoms with Gasteiger partial charge in [0.2, 0.25) is 0 Å². The van der Waals surface area contributed by atoms with Crippen LogP contribution in [0.1, 0.15) is 34.1 Å². The maximum absolute atomic E-state index is 12.2. The van der Waals surface area contributed by atoms with Gasteiger partial charge in [0.25, 0.3) is 11.6 Å². The summed E-state index contributed by atoms with van der Waals surface area (Å²) in [5.74, 6) is -1.12. The van der Waals surface area contributed by atoms with Crippen molar-refractivity contribution in [1.82, 2.24) is 5.32 Å². The van der Waals surface area contributed by atoms with Crippen LogP contribution in [-0.4, -0.2) is 28.5 Å². The Morgan fingerprint density at radius 3 is 2.44 bits per heavy atom. The molecule has 0 saturated carbocycles. The highest BCUT2D eigenvalue weighted by molar-refractivity contribution is 7.80. The van der Waals surface area contributed by atoms with Gasteiger partial charge in [-0.25, -0.2) is 4.79 Å². The largest absolute Gasteiger partial charge is 0.462 e. The molecule has 0 radical (unpaired) electrons. The summed E-state index contributed by atoms with van der Waals surface area (Å²) in [4.78, 5) is 34.3. The van der Waals surface area contributed by atoms with Crippen molar-refractivity contribution in [1.29, 1.82) is 0 Å². The van der Waals surface area contributed by atoms with Gasteiger partial charge in [0.15, 0.2) is 5.11 Å². The van der Waals surface area contributed by atoms with Crippen molar-refractivity contribution in [3.8, 4) is 0 Å². The van der Waals surface area contributed by atoms with E-state index in [9.17, 15) is 19.7 Å². The smallest absolute Gasteiger partial charge is 0.338 e. The van der Waals surface area contributed by atoms with E-state index in [0.717, 1.165) is 6.42 Å². The average Bonchev–Trinajstić information content (AvgIpc) is 2.66. The summed E-state index contributed by atoms with van der Waals surface area (Å²) < 4.78 is 5.03. The number of nitrogens with zero attached hydrogens (tertiary/aromatic N) is 1. The fraction of sp³-hybridized carbons (Fsp3) is 0.167. The van der Waals surface area contributed by atoms with Crippen LogP contribution < -0.4 is 10.6 Å². The maximum Gasteiger partial charge on any atom is 0.338 e. The monoisotopic (exact) mass is 387 g/mol. The lowest BCUT2D eigenvalue weighted by atomic mass is 10.1. The number of carbonyl (C=O) groups is 2. The van der Waals surface area contributed by atoms with Gasteiger partial charge in [-0.3, -0.25) is 20.2 Å². The third kappa shape index (κ3) is 5.58. The van der Waals surface area contributed by atoms with Gasteiger partial charge in [-0.15, -0.1) is 0 Å². The molecule has 0 heterocycles. The number of anilines is 1. The van der Waals surface area contributed by atoms with Crippen molar-refractivity contribution in [2.24, 2.45) is 0 Å². The number of carbonyl (C=O) groups excluding carboxylic acids is 2. The molecular weight excluding hydrogens is 370 g/mol. The number of nitro groups is 1. The minimum atomic E-state index is -0.695. The zero-order valence-electron chi connectivity index (χ0n) is 14.4. The van der Waals surface area contributed by atoms with E-state index in [2.05, 4.69) is 10.6 Å². The van der Waals surface area contributed by atoms with Gasteiger partial charge in [-0.1, -0.05) is 19.1 Å². The van der Waals surface area contributed by atoms with E-state index in [1.54, 1.807) is 24.3 Å². The van der Waals surface area contributed by atoms with Gasteiger partial charge in [0.05, 0.1) is 17.1 Å². The number of nitrogens with one attached hydrogen (secondary N) is 2. The lowest BCUT2D eigenvalue weighted by Crippen LogP contribution is -2.34. The maximum atomic E-state index is 12.2. The van der Waals surface area contributed by atoms with E-state index in [1.807, 2.05) is 6.92 Å². The Hall–Kier alpha value is -3.33. The second-order valence-electron chi connectivity index (χ2n) is 5.40. The number of amides is 1. The molecule has 0 atom stereocenters. The predicted molar refractivity (Wildman–Crippen MR) is 104 cm³/mol. The lowest BCUT2D eigenvalue weighted by Gasteiger charge is -2.10. The molecule has 0 aliphatic carbocycles. The zero-order valence-corrected chi connectivity index (χ0v) is 15.2. The molecule has 27 heavy (non-hydrogen) atoms. The molecule has 2 rings (SSSR count). The highest BCUT2D eigenvalue weighted by Gasteiger charge is 2.19. The van der Waals surface area contributed by atoms with Crippen LogP contribution in [0.15, 0.2) is 48.5 Å². The number of hydrogen-bond donors (Lipinski definition) is 2. The van der Waals surface area contributed by atoms with Crippen LogP contribution in [0.25, 0.3) is 0 Å². The van der Waals surface area contributed by atoms with Crippen LogP contribution in [0.3, 0.4) is 0 Å². The molecule has 0 aliphatic rings. The molecule has 0 bridgehead atoms. The van der Waals surface area contributed by atoms with Crippen molar-refractivity contribution < 1.29 is 19.2 Å². The summed E-state index contributed by atoms with van der Waals surface area (Å²) >= 11 is 5.06. The Bertz CT molecular complexity index is 868. The molecule has 1 amide bonds. The Morgan fingerprint density at radius 2 is 1.81 bits per heavy atom. The second-order valence-corrected chi connectivity index (χ2v) is 5.80. The molecule has 2 aromatic carbocycles. The van der Waals surface area contributed by atoms with E-state index < -0.39 is 16.8 Å². The van der Waals surface area contributed by atoms with Crippen LogP contribution in [0.4, 0.5) is 11.4 Å². The van der Waals surface area contributed by atoms with Crippen LogP contribution in [0, 0.1) is 10.1 Å². The zero-order chi connectivity index (χ0) is 19.8. The normalized spacial score (nSPS) is 9.96. The highest BCUT2D eigenvalue weighted by atomic mass is 32.1. The van der Waals surface area contributed by atoms with E-state index in [-0.39, 0.29) is 16.4 Å². The van der Waals surface area contributed by atoms with E-state index in [0.29, 0.717) is 17.9 Å². The van der Waals surface area contributed by atoms with Gasteiger partial charge in [0, 0.05) is 11.8 Å². The standard InChI is InChI=1S/C18H17N3O5S/c1-2-11-26-17(23)12-7-9-13(10-8-12)19-18(27)20-16(22)14-5-3-4-6-15(14)21(24)25/h3-10H,2,11H2,1H3,(H2,19,20,22,27). The van der Waals surface area contributed by atoms with Crippen molar-refractivity contribution in [3.05, 3.63) is 69.8 Å². The summed E-state index contributed by atoms with van der Waals surface area (Å²) in [5.41, 5.74) is 0.521. The summed E-state index contributed by atoms with van der Waals surface area (Å²) in [6, 6.07) is 11.9. The van der Waals surface area contributed by atoms with Gasteiger partial charge in [0.1, 0.15) is 5.56 Å². The average molecular weight is 387 g/mol. The number of benzene rings is 2. The fourth-order valence-corrected chi connectivity index (χ4v) is 2.34. The van der Waals surface area contributed by atoms with Crippen molar-refractivity contribution in [2.45, 2.75) is 13.3 Å². The first-order valence-corrected chi connectivity index (χ1v) is 8.46. The molecular formula is C18H17N3O5S. The summed E-state index contributed by atoms with van der Waals surface area (Å²) in [5, 5.41) is 16.1. The van der Waals surface area contributed by atoms with Crippen molar-refractivity contribution in [2.75, 3.05) is 11.9 Å². The van der Waals surface area contributed by atoms with Gasteiger partial charge >= 0.3 is 5.97 Å².